The molecule has 0 bridgehead atoms. The van der Waals surface area contributed by atoms with E-state index in [1.165, 1.54) is 31.4 Å². The molecule has 8 heteroatoms. The van der Waals surface area contributed by atoms with Crippen molar-refractivity contribution in [3.63, 3.8) is 0 Å². The van der Waals surface area contributed by atoms with Crippen molar-refractivity contribution in [2.45, 2.75) is 51.5 Å². The number of piperidine rings is 1. The van der Waals surface area contributed by atoms with E-state index in [9.17, 15) is 13.2 Å². The Hall–Kier alpha value is -1.15. The third-order valence-corrected chi connectivity index (χ3v) is 6.82. The Morgan fingerprint density at radius 3 is 2.61 bits per heavy atom. The molecule has 28 heavy (non-hydrogen) atoms. The van der Waals surface area contributed by atoms with Crippen molar-refractivity contribution >= 4 is 23.7 Å². The molecule has 1 atom stereocenters. The van der Waals surface area contributed by atoms with E-state index >= 15 is 0 Å². The highest BCUT2D eigenvalue weighted by molar-refractivity contribution is 7.09. The zero-order chi connectivity index (χ0) is 19.1. The van der Waals surface area contributed by atoms with Crippen molar-refractivity contribution in [2.24, 2.45) is 5.41 Å². The molecule has 1 aliphatic carbocycles. The van der Waals surface area contributed by atoms with Gasteiger partial charge in [-0.3, -0.25) is 4.90 Å². The second-order valence-electron chi connectivity index (χ2n) is 7.80. The minimum atomic E-state index is -4.29. The van der Waals surface area contributed by atoms with Crippen LogP contribution in [-0.4, -0.2) is 29.0 Å². The van der Waals surface area contributed by atoms with E-state index in [4.69, 9.17) is 0 Å². The maximum Gasteiger partial charge on any atom is 0.416 e. The van der Waals surface area contributed by atoms with Crippen LogP contribution in [0.4, 0.5) is 13.2 Å². The quantitative estimate of drug-likeness (QED) is 0.719. The third kappa shape index (κ3) is 4.53. The number of thiazole rings is 1. The van der Waals surface area contributed by atoms with Gasteiger partial charge in [-0.25, -0.2) is 4.98 Å². The van der Waals surface area contributed by atoms with E-state index in [0.29, 0.717) is 23.6 Å². The van der Waals surface area contributed by atoms with Crippen molar-refractivity contribution in [2.75, 3.05) is 13.1 Å². The lowest BCUT2D eigenvalue weighted by molar-refractivity contribution is -0.137. The summed E-state index contributed by atoms with van der Waals surface area (Å²) in [5.41, 5.74) is 1.48. The molecule has 3 nitrogen and oxygen atoms in total. The molecule has 4 rings (SSSR count). The van der Waals surface area contributed by atoms with Crippen LogP contribution in [0.3, 0.4) is 0 Å². The number of hydrogen-bond donors (Lipinski definition) is 1. The topological polar surface area (TPSA) is 28.2 Å². The molecular weight excluding hydrogens is 407 g/mol. The van der Waals surface area contributed by atoms with Crippen molar-refractivity contribution < 1.29 is 13.2 Å². The van der Waals surface area contributed by atoms with Crippen LogP contribution in [0.2, 0.25) is 0 Å². The third-order valence-electron chi connectivity index (χ3n) is 6.05. The predicted molar refractivity (Wildman–Crippen MR) is 108 cm³/mol. The summed E-state index contributed by atoms with van der Waals surface area (Å²) in [7, 11) is 0. The van der Waals surface area contributed by atoms with E-state index in [2.05, 4.69) is 15.2 Å². The average Bonchev–Trinajstić information content (AvgIpc) is 3.06. The number of aryl methyl sites for hydroxylation is 1. The first-order valence-corrected chi connectivity index (χ1v) is 10.3. The molecule has 2 aliphatic rings. The first-order valence-electron chi connectivity index (χ1n) is 9.37. The molecule has 2 aromatic rings. The SMILES string of the molecule is Cc1cc(C(F)(F)F)ccc1CN(Cc1nccs1)C1CC12CCNCC2.Cl. The van der Waals surface area contributed by atoms with Crippen LogP contribution in [0.15, 0.2) is 29.8 Å². The zero-order valence-electron chi connectivity index (χ0n) is 15.8. The Labute approximate surface area is 173 Å². The van der Waals surface area contributed by atoms with Gasteiger partial charge in [0.1, 0.15) is 5.01 Å². The van der Waals surface area contributed by atoms with E-state index in [-0.39, 0.29) is 12.4 Å². The molecule has 154 valence electrons. The summed E-state index contributed by atoms with van der Waals surface area (Å²) in [6.45, 7) is 5.32. The summed E-state index contributed by atoms with van der Waals surface area (Å²) in [5.74, 6) is 0. The standard InChI is InChI=1S/C20H24F3N3S.ClH/c1-14-10-16(20(21,22)23)3-2-15(14)12-26(13-18-25-8-9-27-18)17-11-19(17)4-6-24-7-5-19;/h2-3,8-10,17,24H,4-7,11-13H2,1H3;1H. The monoisotopic (exact) mass is 431 g/mol. The normalized spacial score (nSPS) is 21.0. The average molecular weight is 432 g/mol. The summed E-state index contributed by atoms with van der Waals surface area (Å²) >= 11 is 1.64. The molecule has 1 unspecified atom stereocenters. The molecule has 1 spiro atoms. The van der Waals surface area contributed by atoms with Crippen LogP contribution >= 0.6 is 23.7 Å². The van der Waals surface area contributed by atoms with Gasteiger partial charge in [-0.2, -0.15) is 13.2 Å². The minimum Gasteiger partial charge on any atom is -0.317 e. The lowest BCUT2D eigenvalue weighted by atomic mass is 9.93. The smallest absolute Gasteiger partial charge is 0.317 e. The number of rotatable bonds is 5. The maximum absolute atomic E-state index is 13.0. The van der Waals surface area contributed by atoms with Crippen LogP contribution < -0.4 is 5.32 Å². The van der Waals surface area contributed by atoms with Crippen LogP contribution in [0.5, 0.6) is 0 Å². The molecule has 1 saturated carbocycles. The van der Waals surface area contributed by atoms with Gasteiger partial charge in [-0.1, -0.05) is 6.07 Å². The van der Waals surface area contributed by atoms with Gasteiger partial charge in [0.05, 0.1) is 12.1 Å². The minimum absolute atomic E-state index is 0. The number of benzene rings is 1. The van der Waals surface area contributed by atoms with Crippen LogP contribution in [-0.2, 0) is 19.3 Å². The number of nitrogens with zero attached hydrogens (tertiary/aromatic N) is 2. The van der Waals surface area contributed by atoms with Gasteiger partial charge in [-0.15, -0.1) is 23.7 Å². The van der Waals surface area contributed by atoms with Gasteiger partial charge >= 0.3 is 6.18 Å². The number of halogens is 4. The lowest BCUT2D eigenvalue weighted by Gasteiger charge is -2.29. The Morgan fingerprint density at radius 1 is 1.25 bits per heavy atom. The Kier molecular flexibility index (Phi) is 6.39. The first kappa shape index (κ1) is 21.6. The highest BCUT2D eigenvalue weighted by Crippen LogP contribution is 2.56. The van der Waals surface area contributed by atoms with Crippen molar-refractivity contribution in [1.29, 1.82) is 0 Å². The molecule has 1 aromatic heterocycles. The highest BCUT2D eigenvalue weighted by Gasteiger charge is 2.56. The summed E-state index contributed by atoms with van der Waals surface area (Å²) in [6.07, 6.45) is 1.06. The fraction of sp³-hybridized carbons (Fsp3) is 0.550. The molecular formula is C20H25ClF3N3S. The van der Waals surface area contributed by atoms with E-state index < -0.39 is 11.7 Å². The number of aromatic nitrogens is 1. The highest BCUT2D eigenvalue weighted by atomic mass is 35.5. The van der Waals surface area contributed by atoms with Gasteiger partial charge in [0, 0.05) is 24.2 Å². The molecule has 2 fully saturated rings. The van der Waals surface area contributed by atoms with Gasteiger partial charge in [0.25, 0.3) is 0 Å². The number of alkyl halides is 3. The van der Waals surface area contributed by atoms with Gasteiger partial charge in [-0.05, 0) is 68.0 Å². The molecule has 1 aromatic carbocycles. The van der Waals surface area contributed by atoms with Gasteiger partial charge < -0.3 is 5.32 Å². The Balaban J connectivity index is 0.00000225. The van der Waals surface area contributed by atoms with E-state index in [1.807, 2.05) is 11.6 Å². The summed E-state index contributed by atoms with van der Waals surface area (Å²) < 4.78 is 38.9. The van der Waals surface area contributed by atoms with Crippen LogP contribution in [0, 0.1) is 12.3 Å². The van der Waals surface area contributed by atoms with Gasteiger partial charge in [0.2, 0.25) is 0 Å². The molecule has 2 heterocycles. The van der Waals surface area contributed by atoms with Crippen LogP contribution in [0.25, 0.3) is 0 Å². The summed E-state index contributed by atoms with van der Waals surface area (Å²) in [4.78, 5) is 6.86. The molecule has 0 amide bonds. The Bertz CT molecular complexity index is 788. The summed E-state index contributed by atoms with van der Waals surface area (Å²) in [5, 5.41) is 6.47. The lowest BCUT2D eigenvalue weighted by Crippen LogP contribution is -2.35. The van der Waals surface area contributed by atoms with Crippen LogP contribution in [0.1, 0.15) is 41.0 Å². The molecule has 1 N–H and O–H groups in total. The molecule has 1 saturated heterocycles. The largest absolute Gasteiger partial charge is 0.416 e. The van der Waals surface area contributed by atoms with Crippen molar-refractivity contribution in [3.8, 4) is 0 Å². The predicted octanol–water partition coefficient (Wildman–Crippen LogP) is 5.04. The fourth-order valence-corrected chi connectivity index (χ4v) is 4.99. The maximum atomic E-state index is 13.0. The Morgan fingerprint density at radius 2 is 2.00 bits per heavy atom. The van der Waals surface area contributed by atoms with Gasteiger partial charge in [0.15, 0.2) is 0 Å². The number of nitrogens with one attached hydrogen (secondary N) is 1. The fourth-order valence-electron chi connectivity index (χ4n) is 4.35. The van der Waals surface area contributed by atoms with Crippen molar-refractivity contribution in [3.05, 3.63) is 51.5 Å². The zero-order valence-corrected chi connectivity index (χ0v) is 17.4. The van der Waals surface area contributed by atoms with E-state index in [0.717, 1.165) is 30.2 Å². The first-order chi connectivity index (χ1) is 12.9. The molecule has 0 radical (unpaired) electrons. The van der Waals surface area contributed by atoms with E-state index in [1.54, 1.807) is 24.3 Å². The second kappa shape index (κ2) is 8.30. The molecule has 1 aliphatic heterocycles. The second-order valence-corrected chi connectivity index (χ2v) is 8.78. The number of hydrogen-bond acceptors (Lipinski definition) is 4. The summed E-state index contributed by atoms with van der Waals surface area (Å²) in [6, 6.07) is 4.61. The van der Waals surface area contributed by atoms with Crippen molar-refractivity contribution in [1.82, 2.24) is 15.2 Å².